The summed E-state index contributed by atoms with van der Waals surface area (Å²) in [5.74, 6) is 0.0647. The highest BCUT2D eigenvalue weighted by Crippen LogP contribution is 2.63. The van der Waals surface area contributed by atoms with Crippen LogP contribution < -0.4 is 0 Å². The lowest BCUT2D eigenvalue weighted by atomic mass is 9.68. The first-order valence-electron chi connectivity index (χ1n) is 12.3. The van der Waals surface area contributed by atoms with Gasteiger partial charge in [0.05, 0.1) is 5.41 Å². The van der Waals surface area contributed by atoms with Crippen molar-refractivity contribution in [3.8, 4) is 0 Å². The molecular weight excluding hydrogens is 436 g/mol. The molecule has 0 saturated heterocycles. The number of carbonyl (C=O) groups excluding carboxylic acids is 1. The first-order valence-corrected chi connectivity index (χ1v) is 12.3. The summed E-state index contributed by atoms with van der Waals surface area (Å²) < 4.78 is 0. The monoisotopic (exact) mass is 462 g/mol. The molecule has 36 heavy (non-hydrogen) atoms. The minimum absolute atomic E-state index is 0.0647. The minimum Gasteiger partial charge on any atom is -0.290 e. The minimum atomic E-state index is -0.586. The third kappa shape index (κ3) is 3.52. The molecule has 0 saturated carbocycles. The van der Waals surface area contributed by atoms with Gasteiger partial charge in [-0.15, -0.1) is 0 Å². The van der Waals surface area contributed by atoms with Gasteiger partial charge in [0.25, 0.3) is 0 Å². The highest BCUT2D eigenvalue weighted by Gasteiger charge is 2.47. The van der Waals surface area contributed by atoms with Gasteiger partial charge in [0.2, 0.25) is 0 Å². The fourth-order valence-corrected chi connectivity index (χ4v) is 5.66. The lowest BCUT2D eigenvalue weighted by Gasteiger charge is -2.33. The van der Waals surface area contributed by atoms with Gasteiger partial charge in [0, 0.05) is 0 Å². The van der Waals surface area contributed by atoms with Gasteiger partial charge in [0.1, 0.15) is 0 Å². The molecule has 1 heteroatoms. The molecule has 0 radical (unpaired) electrons. The summed E-state index contributed by atoms with van der Waals surface area (Å²) >= 11 is 0. The Morgan fingerprint density at radius 1 is 0.500 bits per heavy atom. The molecule has 0 atom stereocenters. The second-order valence-corrected chi connectivity index (χ2v) is 9.36. The van der Waals surface area contributed by atoms with Crippen molar-refractivity contribution in [1.82, 2.24) is 0 Å². The van der Waals surface area contributed by atoms with E-state index in [1.54, 1.807) is 6.08 Å². The van der Waals surface area contributed by atoms with Crippen LogP contribution in [-0.2, 0) is 4.79 Å². The van der Waals surface area contributed by atoms with Gasteiger partial charge in [-0.2, -0.15) is 0 Å². The zero-order chi connectivity index (χ0) is 24.5. The fourth-order valence-electron chi connectivity index (χ4n) is 5.66. The molecule has 0 heterocycles. The van der Waals surface area contributed by atoms with Crippen LogP contribution in [0.25, 0.3) is 22.3 Å². The number of hydrogen-bond donors (Lipinski definition) is 0. The average molecular weight is 463 g/mol. The highest BCUT2D eigenvalue weighted by molar-refractivity contribution is 6.31. The van der Waals surface area contributed by atoms with Gasteiger partial charge in [-0.1, -0.05) is 133 Å². The maximum absolute atomic E-state index is 12.7. The summed E-state index contributed by atoms with van der Waals surface area (Å²) in [6, 6.07) is 42.5. The summed E-state index contributed by atoms with van der Waals surface area (Å²) in [4.78, 5) is 12.7. The quantitative estimate of drug-likeness (QED) is 0.298. The van der Waals surface area contributed by atoms with Crippen LogP contribution in [0.15, 0.2) is 145 Å². The molecule has 4 aromatic carbocycles. The summed E-state index contributed by atoms with van der Waals surface area (Å²) in [5, 5.41) is 0. The van der Waals surface area contributed by atoms with E-state index < -0.39 is 5.41 Å². The van der Waals surface area contributed by atoms with Crippen LogP contribution in [0.3, 0.4) is 0 Å². The molecule has 0 aliphatic heterocycles. The van der Waals surface area contributed by atoms with E-state index in [4.69, 9.17) is 0 Å². The third-order valence-corrected chi connectivity index (χ3v) is 7.16. The Kier molecular flexibility index (Phi) is 5.47. The van der Waals surface area contributed by atoms with Crippen LogP contribution in [0, 0.1) is 5.41 Å². The summed E-state index contributed by atoms with van der Waals surface area (Å²) in [7, 11) is 0. The lowest BCUT2D eigenvalue weighted by Crippen LogP contribution is -2.22. The van der Waals surface area contributed by atoms with Crippen molar-refractivity contribution in [2.45, 2.75) is 6.92 Å². The summed E-state index contributed by atoms with van der Waals surface area (Å²) in [6.07, 6.45) is 6.06. The van der Waals surface area contributed by atoms with E-state index in [-0.39, 0.29) is 5.78 Å². The molecule has 172 valence electrons. The van der Waals surface area contributed by atoms with Crippen molar-refractivity contribution >= 4 is 28.1 Å². The Bertz CT molecular complexity index is 1450. The number of allylic oxidation sites excluding steroid dienone is 8. The Balaban J connectivity index is 1.83. The van der Waals surface area contributed by atoms with Crippen molar-refractivity contribution in [3.63, 3.8) is 0 Å². The SMILES string of the molecule is CC1=CC2(C=CC1=O)C(c1ccccc1)=C(c1ccccc1)C(c1ccccc1)=C2c1ccccc1. The maximum Gasteiger partial charge on any atom is 0.181 e. The van der Waals surface area contributed by atoms with E-state index in [1.807, 2.05) is 6.92 Å². The Labute approximate surface area is 212 Å². The molecular formula is C35H26O. The second kappa shape index (κ2) is 8.94. The van der Waals surface area contributed by atoms with Gasteiger partial charge >= 0.3 is 0 Å². The van der Waals surface area contributed by atoms with E-state index >= 15 is 0 Å². The fraction of sp³-hybridized carbons (Fsp3) is 0.0571. The Hall–Kier alpha value is -4.49. The molecule has 1 spiro atoms. The largest absolute Gasteiger partial charge is 0.290 e. The smallest absolute Gasteiger partial charge is 0.181 e. The van der Waals surface area contributed by atoms with Crippen LogP contribution in [0.1, 0.15) is 29.2 Å². The van der Waals surface area contributed by atoms with E-state index in [0.29, 0.717) is 0 Å². The number of rotatable bonds is 4. The van der Waals surface area contributed by atoms with Crippen molar-refractivity contribution < 1.29 is 4.79 Å². The normalized spacial score (nSPS) is 16.6. The van der Waals surface area contributed by atoms with Crippen molar-refractivity contribution in [2.24, 2.45) is 5.41 Å². The van der Waals surface area contributed by atoms with E-state index in [0.717, 1.165) is 27.8 Å². The zero-order valence-electron chi connectivity index (χ0n) is 20.2. The molecule has 0 bridgehead atoms. The standard InChI is InChI=1S/C35H26O/c1-25-24-35(23-22-30(25)36)33(28-18-10-4-11-19-28)31(26-14-6-2-7-15-26)32(27-16-8-3-9-17-27)34(35)29-20-12-5-13-21-29/h2-24H,1H3. The van der Waals surface area contributed by atoms with Crippen molar-refractivity contribution in [2.75, 3.05) is 0 Å². The van der Waals surface area contributed by atoms with Crippen LogP contribution in [0.2, 0.25) is 0 Å². The number of carbonyl (C=O) groups is 1. The number of ketones is 1. The van der Waals surface area contributed by atoms with Crippen LogP contribution in [-0.4, -0.2) is 5.78 Å². The Morgan fingerprint density at radius 3 is 1.22 bits per heavy atom. The number of hydrogen-bond acceptors (Lipinski definition) is 1. The maximum atomic E-state index is 12.7. The predicted octanol–water partition coefficient (Wildman–Crippen LogP) is 8.29. The van der Waals surface area contributed by atoms with Crippen molar-refractivity contribution in [1.29, 1.82) is 0 Å². The van der Waals surface area contributed by atoms with Gasteiger partial charge in [0.15, 0.2) is 5.78 Å². The summed E-state index contributed by atoms with van der Waals surface area (Å²) in [5.41, 5.74) is 9.62. The molecule has 1 nitrogen and oxygen atoms in total. The van der Waals surface area contributed by atoms with Crippen LogP contribution >= 0.6 is 0 Å². The first-order chi connectivity index (χ1) is 17.7. The molecule has 0 fully saturated rings. The first kappa shape index (κ1) is 22.0. The lowest BCUT2D eigenvalue weighted by molar-refractivity contribution is -0.111. The van der Waals surface area contributed by atoms with Crippen LogP contribution in [0.4, 0.5) is 0 Å². The molecule has 2 aliphatic carbocycles. The summed E-state index contributed by atoms with van der Waals surface area (Å²) in [6.45, 7) is 1.93. The van der Waals surface area contributed by atoms with Crippen LogP contribution in [0.5, 0.6) is 0 Å². The molecule has 0 N–H and O–H groups in total. The highest BCUT2D eigenvalue weighted by atomic mass is 16.1. The van der Waals surface area contributed by atoms with Gasteiger partial charge < -0.3 is 0 Å². The van der Waals surface area contributed by atoms with Gasteiger partial charge in [-0.25, -0.2) is 0 Å². The third-order valence-electron chi connectivity index (χ3n) is 7.16. The van der Waals surface area contributed by atoms with Gasteiger partial charge in [-0.05, 0) is 63.1 Å². The molecule has 0 amide bonds. The van der Waals surface area contributed by atoms with E-state index in [2.05, 4.69) is 133 Å². The molecule has 6 rings (SSSR count). The topological polar surface area (TPSA) is 17.1 Å². The Morgan fingerprint density at radius 2 is 0.861 bits per heavy atom. The van der Waals surface area contributed by atoms with E-state index in [1.165, 1.54) is 22.3 Å². The zero-order valence-corrected chi connectivity index (χ0v) is 20.2. The molecule has 0 aromatic heterocycles. The predicted molar refractivity (Wildman–Crippen MR) is 150 cm³/mol. The van der Waals surface area contributed by atoms with Gasteiger partial charge in [-0.3, -0.25) is 4.79 Å². The average Bonchev–Trinajstić information content (AvgIpc) is 3.23. The number of benzene rings is 4. The van der Waals surface area contributed by atoms with E-state index in [9.17, 15) is 4.79 Å². The molecule has 0 unspecified atom stereocenters. The van der Waals surface area contributed by atoms with Crippen molar-refractivity contribution in [3.05, 3.63) is 167 Å². The molecule has 4 aromatic rings. The molecule has 2 aliphatic rings. The second-order valence-electron chi connectivity index (χ2n) is 9.36.